The van der Waals surface area contributed by atoms with Crippen molar-refractivity contribution in [1.82, 2.24) is 0 Å². The maximum Gasteiger partial charge on any atom is 0.472 e. The molecule has 0 amide bonds. The maximum atomic E-state index is 13.0. The number of ether oxygens (including phenoxy) is 4. The highest BCUT2D eigenvalue weighted by molar-refractivity contribution is 7.47. The monoisotopic (exact) mass is 1310 g/mol. The van der Waals surface area contributed by atoms with Gasteiger partial charge >= 0.3 is 39.5 Å². The van der Waals surface area contributed by atoms with Gasteiger partial charge in [-0.05, 0) is 43.4 Å². The van der Waals surface area contributed by atoms with Crippen LogP contribution >= 0.6 is 15.6 Å². The fraction of sp³-hybridized carbons (Fsp3) is 0.943. The molecule has 17 nitrogen and oxygen atoms in total. The summed E-state index contributed by atoms with van der Waals surface area (Å²) in [4.78, 5) is 72.5. The Hall–Kier alpha value is -1.94. The van der Waals surface area contributed by atoms with E-state index in [0.717, 1.165) is 108 Å². The summed E-state index contributed by atoms with van der Waals surface area (Å²) < 4.78 is 68.2. The summed E-state index contributed by atoms with van der Waals surface area (Å²) in [5, 5.41) is 10.6. The first-order valence-corrected chi connectivity index (χ1v) is 39.4. The fourth-order valence-corrected chi connectivity index (χ4v) is 12.1. The molecule has 528 valence electrons. The lowest BCUT2D eigenvalue weighted by Crippen LogP contribution is -2.30. The van der Waals surface area contributed by atoms with Crippen LogP contribution in [0.1, 0.15) is 350 Å². The Kier molecular flexibility index (Phi) is 59.6. The Balaban J connectivity index is 5.23. The molecule has 0 aliphatic carbocycles. The minimum Gasteiger partial charge on any atom is -0.462 e. The van der Waals surface area contributed by atoms with Gasteiger partial charge in [0.1, 0.15) is 19.3 Å². The van der Waals surface area contributed by atoms with Crippen LogP contribution < -0.4 is 0 Å². The van der Waals surface area contributed by atoms with Gasteiger partial charge in [0.2, 0.25) is 0 Å². The maximum absolute atomic E-state index is 13.0. The summed E-state index contributed by atoms with van der Waals surface area (Å²) in [6, 6.07) is 0. The first-order valence-electron chi connectivity index (χ1n) is 36.4. The van der Waals surface area contributed by atoms with Crippen molar-refractivity contribution in [3.63, 3.8) is 0 Å². The Morgan fingerprint density at radius 2 is 0.573 bits per heavy atom. The molecule has 19 heteroatoms. The van der Waals surface area contributed by atoms with E-state index in [9.17, 15) is 43.2 Å². The Labute approximate surface area is 543 Å². The molecule has 0 aromatic carbocycles. The van der Waals surface area contributed by atoms with Crippen molar-refractivity contribution in [3.05, 3.63) is 0 Å². The molecule has 0 aromatic rings. The van der Waals surface area contributed by atoms with Gasteiger partial charge in [0, 0.05) is 25.7 Å². The number of carbonyl (C=O) groups excluding carboxylic acids is 4. The van der Waals surface area contributed by atoms with Crippen LogP contribution in [-0.2, 0) is 65.4 Å². The molecular weight excluding hydrogens is 1170 g/mol. The molecule has 0 aromatic heterocycles. The smallest absolute Gasteiger partial charge is 0.462 e. The van der Waals surface area contributed by atoms with Crippen molar-refractivity contribution in [2.45, 2.75) is 369 Å². The number of phosphoric acid groups is 2. The number of aliphatic hydroxyl groups excluding tert-OH is 1. The van der Waals surface area contributed by atoms with Gasteiger partial charge < -0.3 is 33.8 Å². The predicted molar refractivity (Wildman–Crippen MR) is 358 cm³/mol. The van der Waals surface area contributed by atoms with Crippen molar-refractivity contribution in [3.8, 4) is 0 Å². The van der Waals surface area contributed by atoms with Gasteiger partial charge in [-0.25, -0.2) is 9.13 Å². The summed E-state index contributed by atoms with van der Waals surface area (Å²) >= 11 is 0. The van der Waals surface area contributed by atoms with Crippen LogP contribution in [0, 0.1) is 17.8 Å². The molecule has 0 saturated heterocycles. The van der Waals surface area contributed by atoms with E-state index in [0.29, 0.717) is 25.7 Å². The highest BCUT2D eigenvalue weighted by Crippen LogP contribution is 2.45. The number of hydrogen-bond donors (Lipinski definition) is 3. The Morgan fingerprint density at radius 1 is 0.326 bits per heavy atom. The summed E-state index contributed by atoms with van der Waals surface area (Å²) in [7, 11) is -9.90. The van der Waals surface area contributed by atoms with Crippen LogP contribution in [0.2, 0.25) is 0 Å². The third kappa shape index (κ3) is 63.2. The minimum absolute atomic E-state index is 0.103. The van der Waals surface area contributed by atoms with Crippen LogP contribution in [0.4, 0.5) is 0 Å². The average Bonchev–Trinajstić information content (AvgIpc) is 3.54. The van der Waals surface area contributed by atoms with Gasteiger partial charge in [-0.3, -0.25) is 37.3 Å². The number of esters is 4. The summed E-state index contributed by atoms with van der Waals surface area (Å²) in [5.41, 5.74) is 0. The van der Waals surface area contributed by atoms with Crippen LogP contribution in [0.3, 0.4) is 0 Å². The minimum atomic E-state index is -4.95. The van der Waals surface area contributed by atoms with Crippen molar-refractivity contribution in [2.75, 3.05) is 39.6 Å². The van der Waals surface area contributed by atoms with Crippen molar-refractivity contribution in [1.29, 1.82) is 0 Å². The predicted octanol–water partition coefficient (Wildman–Crippen LogP) is 19.8. The number of unbranched alkanes of at least 4 members (excludes halogenated alkanes) is 35. The van der Waals surface area contributed by atoms with E-state index >= 15 is 0 Å². The van der Waals surface area contributed by atoms with Crippen molar-refractivity contribution < 1.29 is 80.2 Å². The molecule has 89 heavy (non-hydrogen) atoms. The molecule has 0 aliphatic rings. The highest BCUT2D eigenvalue weighted by atomic mass is 31.2. The number of hydrogen-bond acceptors (Lipinski definition) is 15. The molecule has 0 spiro atoms. The summed E-state index contributed by atoms with van der Waals surface area (Å²) in [6.07, 6.45) is 44.4. The molecule has 0 heterocycles. The van der Waals surface area contributed by atoms with E-state index in [1.54, 1.807) is 0 Å². The normalized spacial score (nSPS) is 14.5. The molecule has 0 fully saturated rings. The third-order valence-corrected chi connectivity index (χ3v) is 18.4. The quantitative estimate of drug-likeness (QED) is 0.0222. The molecule has 0 rings (SSSR count). The zero-order valence-corrected chi connectivity index (χ0v) is 59.7. The molecule has 0 radical (unpaired) electrons. The van der Waals surface area contributed by atoms with E-state index in [4.69, 9.17) is 37.0 Å². The second-order valence-corrected chi connectivity index (χ2v) is 29.4. The molecule has 3 unspecified atom stereocenters. The number of rotatable bonds is 68. The average molecular weight is 1310 g/mol. The van der Waals surface area contributed by atoms with Gasteiger partial charge in [0.05, 0.1) is 26.4 Å². The van der Waals surface area contributed by atoms with Gasteiger partial charge in [-0.1, -0.05) is 299 Å². The Morgan fingerprint density at radius 3 is 0.854 bits per heavy atom. The molecule has 0 bridgehead atoms. The lowest BCUT2D eigenvalue weighted by Gasteiger charge is -2.21. The van der Waals surface area contributed by atoms with Crippen LogP contribution in [0.5, 0.6) is 0 Å². The van der Waals surface area contributed by atoms with Crippen LogP contribution in [0.15, 0.2) is 0 Å². The molecular formula is C70H136O17P2. The second kappa shape index (κ2) is 61.0. The SMILES string of the molecule is CCCCCCCCCCCCC(=O)OC[C@H](COP(=O)(O)OC[C@H](O)COP(=O)(O)OC[C@@H](COC(=O)CCCCCCCCCCCC(C)C)OC(=O)CCCCCCCCCCCCCCCCC(C)C)OC(=O)CCCCCCCCC(C)CC. The summed E-state index contributed by atoms with van der Waals surface area (Å²) in [5.74, 6) is 0.130. The molecule has 0 saturated carbocycles. The fourth-order valence-electron chi connectivity index (χ4n) is 10.5. The first kappa shape index (κ1) is 87.1. The first-order chi connectivity index (χ1) is 42.8. The number of carbonyl (C=O) groups is 4. The van der Waals surface area contributed by atoms with Gasteiger partial charge in [0.15, 0.2) is 12.2 Å². The van der Waals surface area contributed by atoms with Crippen molar-refractivity contribution in [2.24, 2.45) is 17.8 Å². The lowest BCUT2D eigenvalue weighted by atomic mass is 10.00. The standard InChI is InChI=1S/C70H136O17P2/c1-8-10-11-12-13-14-24-29-37-44-51-67(72)81-58-66(87-70(75)54-47-40-33-32-36-43-50-63(7)9-2)60-85-89(78,79)83-56-64(71)55-82-88(76,77)84-59-65(57-80-68(73)52-45-38-30-26-21-23-28-35-42-49-62(5)6)86-69(74)53-46-39-31-25-20-18-16-15-17-19-22-27-34-41-48-61(3)4/h61-66,71H,8-60H2,1-7H3,(H,76,77)(H,78,79)/t63?,64-,65-,66-/m1/s1. The van der Waals surface area contributed by atoms with E-state index in [1.807, 2.05) is 0 Å². The van der Waals surface area contributed by atoms with Crippen LogP contribution in [-0.4, -0.2) is 96.7 Å². The molecule has 3 N–H and O–H groups in total. The second-order valence-electron chi connectivity index (χ2n) is 26.5. The largest absolute Gasteiger partial charge is 0.472 e. The number of phosphoric ester groups is 2. The molecule has 6 atom stereocenters. The number of aliphatic hydroxyl groups is 1. The van der Waals surface area contributed by atoms with E-state index in [2.05, 4.69) is 48.5 Å². The molecule has 0 aliphatic heterocycles. The third-order valence-electron chi connectivity index (χ3n) is 16.5. The lowest BCUT2D eigenvalue weighted by molar-refractivity contribution is -0.161. The zero-order chi connectivity index (χ0) is 65.9. The van der Waals surface area contributed by atoms with Crippen LogP contribution in [0.25, 0.3) is 0 Å². The van der Waals surface area contributed by atoms with Crippen molar-refractivity contribution >= 4 is 39.5 Å². The highest BCUT2D eigenvalue weighted by Gasteiger charge is 2.30. The van der Waals surface area contributed by atoms with E-state index < -0.39 is 97.5 Å². The van der Waals surface area contributed by atoms with Gasteiger partial charge in [0.25, 0.3) is 0 Å². The summed E-state index contributed by atoms with van der Waals surface area (Å²) in [6.45, 7) is 11.8. The zero-order valence-electron chi connectivity index (χ0n) is 57.9. The Bertz CT molecular complexity index is 1750. The van der Waals surface area contributed by atoms with Gasteiger partial charge in [-0.15, -0.1) is 0 Å². The van der Waals surface area contributed by atoms with E-state index in [1.165, 1.54) is 161 Å². The van der Waals surface area contributed by atoms with Gasteiger partial charge in [-0.2, -0.15) is 0 Å². The topological polar surface area (TPSA) is 237 Å². The van der Waals surface area contributed by atoms with E-state index in [-0.39, 0.29) is 25.7 Å².